The van der Waals surface area contributed by atoms with Crippen LogP contribution in [0.2, 0.25) is 0 Å². The summed E-state index contributed by atoms with van der Waals surface area (Å²) in [4.78, 5) is 38.0. The molecule has 0 N–H and O–H groups in total. The first-order chi connectivity index (χ1) is 32.5. The van der Waals surface area contributed by atoms with Gasteiger partial charge >= 0.3 is 17.9 Å². The zero-order valence-corrected chi connectivity index (χ0v) is 45.0. The average molecular weight is 934 g/mol. The van der Waals surface area contributed by atoms with Gasteiger partial charge in [-0.1, -0.05) is 310 Å². The smallest absolute Gasteiger partial charge is 0.306 e. The van der Waals surface area contributed by atoms with E-state index in [4.69, 9.17) is 14.2 Å². The standard InChI is InChI=1S/C60H116O6/c1-4-7-10-13-16-19-22-24-25-26-27-28-29-30-31-32-33-34-35-36-39-41-44-47-50-53-59(62)65-56-57(55-64-58(61)52-49-46-43-40-37-21-18-15-12-9-6-3)66-60(63)54-51-48-45-42-38-23-20-17-14-11-8-5-2/h57H,4-56H2,1-3H3. The second-order valence-corrected chi connectivity index (χ2v) is 20.6. The lowest BCUT2D eigenvalue weighted by molar-refractivity contribution is -0.167. The lowest BCUT2D eigenvalue weighted by Crippen LogP contribution is -2.30. The monoisotopic (exact) mass is 933 g/mol. The third kappa shape index (κ3) is 53.4. The molecule has 0 aromatic rings. The molecule has 0 aromatic heterocycles. The molecule has 1 atom stereocenters. The number of unbranched alkanes of at least 4 members (excludes halogenated alkanes) is 45. The van der Waals surface area contributed by atoms with Crippen molar-refractivity contribution in [3.63, 3.8) is 0 Å². The first-order valence-corrected chi connectivity index (χ1v) is 30.0. The average Bonchev–Trinajstić information content (AvgIpc) is 3.31. The first kappa shape index (κ1) is 64.4. The quantitative estimate of drug-likeness (QED) is 0.0343. The fourth-order valence-corrected chi connectivity index (χ4v) is 9.33. The molecule has 0 spiro atoms. The van der Waals surface area contributed by atoms with Gasteiger partial charge in [0.15, 0.2) is 6.10 Å². The van der Waals surface area contributed by atoms with Crippen molar-refractivity contribution in [2.45, 2.75) is 354 Å². The molecule has 0 saturated heterocycles. The molecular weight excluding hydrogens is 817 g/mol. The molecule has 0 saturated carbocycles. The van der Waals surface area contributed by atoms with Crippen molar-refractivity contribution >= 4 is 17.9 Å². The molecule has 0 aliphatic rings. The Labute approximate surface area is 412 Å². The molecule has 66 heavy (non-hydrogen) atoms. The summed E-state index contributed by atoms with van der Waals surface area (Å²) in [5, 5.41) is 0. The first-order valence-electron chi connectivity index (χ1n) is 30.0. The molecule has 0 bridgehead atoms. The summed E-state index contributed by atoms with van der Waals surface area (Å²) in [7, 11) is 0. The summed E-state index contributed by atoms with van der Waals surface area (Å²) in [6.07, 6.45) is 62.6. The minimum atomic E-state index is -0.760. The van der Waals surface area contributed by atoms with Crippen LogP contribution in [0.5, 0.6) is 0 Å². The SMILES string of the molecule is CCCCCCCCCCCCCCCCCCCCCCCCCCCC(=O)OCC(COC(=O)CCCCCCCCCCCCC)OC(=O)CCCCCCCCCCCCCC. The highest BCUT2D eigenvalue weighted by Gasteiger charge is 2.19. The largest absolute Gasteiger partial charge is 0.462 e. The number of ether oxygens (including phenoxy) is 3. The van der Waals surface area contributed by atoms with Gasteiger partial charge in [-0.05, 0) is 19.3 Å². The molecule has 0 heterocycles. The van der Waals surface area contributed by atoms with Crippen molar-refractivity contribution in [2.24, 2.45) is 0 Å². The highest BCUT2D eigenvalue weighted by Crippen LogP contribution is 2.18. The van der Waals surface area contributed by atoms with Gasteiger partial charge < -0.3 is 14.2 Å². The van der Waals surface area contributed by atoms with Crippen LogP contribution in [0.4, 0.5) is 0 Å². The summed E-state index contributed by atoms with van der Waals surface area (Å²) >= 11 is 0. The van der Waals surface area contributed by atoms with Gasteiger partial charge in [-0.3, -0.25) is 14.4 Å². The van der Waals surface area contributed by atoms with Gasteiger partial charge in [0.2, 0.25) is 0 Å². The Hall–Kier alpha value is -1.59. The molecule has 0 rings (SSSR count). The molecule has 6 heteroatoms. The van der Waals surface area contributed by atoms with Crippen LogP contribution in [0.1, 0.15) is 348 Å². The Balaban J connectivity index is 4.11. The highest BCUT2D eigenvalue weighted by molar-refractivity contribution is 5.71. The van der Waals surface area contributed by atoms with Gasteiger partial charge in [0.1, 0.15) is 13.2 Å². The van der Waals surface area contributed by atoms with Crippen LogP contribution in [-0.4, -0.2) is 37.2 Å². The number of carbonyl (C=O) groups excluding carboxylic acids is 3. The van der Waals surface area contributed by atoms with E-state index in [9.17, 15) is 14.4 Å². The van der Waals surface area contributed by atoms with E-state index in [-0.39, 0.29) is 31.1 Å². The summed E-state index contributed by atoms with van der Waals surface area (Å²) in [5.74, 6) is -0.835. The Bertz CT molecular complexity index is 982. The van der Waals surface area contributed by atoms with E-state index >= 15 is 0 Å². The molecule has 1 unspecified atom stereocenters. The predicted octanol–water partition coefficient (Wildman–Crippen LogP) is 19.9. The Morgan fingerprint density at radius 2 is 0.409 bits per heavy atom. The normalized spacial score (nSPS) is 11.9. The Morgan fingerprint density at radius 1 is 0.242 bits per heavy atom. The maximum atomic E-state index is 12.8. The zero-order chi connectivity index (χ0) is 47.9. The minimum absolute atomic E-state index is 0.0613. The van der Waals surface area contributed by atoms with Gasteiger partial charge in [0.25, 0.3) is 0 Å². The molecule has 0 amide bonds. The van der Waals surface area contributed by atoms with Gasteiger partial charge in [-0.15, -0.1) is 0 Å². The number of hydrogen-bond acceptors (Lipinski definition) is 6. The summed E-state index contributed by atoms with van der Waals surface area (Å²) in [6.45, 7) is 6.69. The van der Waals surface area contributed by atoms with E-state index < -0.39 is 6.10 Å². The van der Waals surface area contributed by atoms with Crippen molar-refractivity contribution in [3.8, 4) is 0 Å². The van der Waals surface area contributed by atoms with Crippen LogP contribution < -0.4 is 0 Å². The third-order valence-corrected chi connectivity index (χ3v) is 13.9. The summed E-state index contributed by atoms with van der Waals surface area (Å²) < 4.78 is 16.9. The molecule has 6 nitrogen and oxygen atoms in total. The van der Waals surface area contributed by atoms with Crippen molar-refractivity contribution in [3.05, 3.63) is 0 Å². The molecule has 392 valence electrons. The molecule has 0 aromatic carbocycles. The molecule has 0 fully saturated rings. The highest BCUT2D eigenvalue weighted by atomic mass is 16.6. The van der Waals surface area contributed by atoms with E-state index in [0.717, 1.165) is 57.8 Å². The summed E-state index contributed by atoms with van der Waals surface area (Å²) in [6, 6.07) is 0. The zero-order valence-electron chi connectivity index (χ0n) is 45.0. The number of esters is 3. The fourth-order valence-electron chi connectivity index (χ4n) is 9.33. The number of carbonyl (C=O) groups is 3. The van der Waals surface area contributed by atoms with Crippen molar-refractivity contribution in [1.29, 1.82) is 0 Å². The Kier molecular flexibility index (Phi) is 54.7. The number of hydrogen-bond donors (Lipinski definition) is 0. The predicted molar refractivity (Wildman–Crippen MR) is 284 cm³/mol. The minimum Gasteiger partial charge on any atom is -0.462 e. The van der Waals surface area contributed by atoms with Crippen molar-refractivity contribution in [2.75, 3.05) is 13.2 Å². The second kappa shape index (κ2) is 56.0. The number of rotatable bonds is 56. The van der Waals surface area contributed by atoms with Gasteiger partial charge in [-0.25, -0.2) is 0 Å². The van der Waals surface area contributed by atoms with Crippen LogP contribution in [-0.2, 0) is 28.6 Å². The Morgan fingerprint density at radius 3 is 0.606 bits per heavy atom. The maximum absolute atomic E-state index is 12.8. The fraction of sp³-hybridized carbons (Fsp3) is 0.950. The van der Waals surface area contributed by atoms with E-state index in [1.165, 1.54) is 250 Å². The van der Waals surface area contributed by atoms with Crippen molar-refractivity contribution < 1.29 is 28.6 Å². The van der Waals surface area contributed by atoms with Crippen molar-refractivity contribution in [1.82, 2.24) is 0 Å². The maximum Gasteiger partial charge on any atom is 0.306 e. The third-order valence-electron chi connectivity index (χ3n) is 13.9. The van der Waals surface area contributed by atoms with E-state index in [2.05, 4.69) is 20.8 Å². The van der Waals surface area contributed by atoms with E-state index in [1.54, 1.807) is 0 Å². The topological polar surface area (TPSA) is 78.9 Å². The molecule has 0 aliphatic heterocycles. The van der Waals surface area contributed by atoms with Crippen LogP contribution in [0, 0.1) is 0 Å². The van der Waals surface area contributed by atoms with Crippen LogP contribution in [0.25, 0.3) is 0 Å². The lowest BCUT2D eigenvalue weighted by Gasteiger charge is -2.18. The molecular formula is C60H116O6. The second-order valence-electron chi connectivity index (χ2n) is 20.6. The van der Waals surface area contributed by atoms with Gasteiger partial charge in [0.05, 0.1) is 0 Å². The van der Waals surface area contributed by atoms with Crippen LogP contribution >= 0.6 is 0 Å². The van der Waals surface area contributed by atoms with Crippen LogP contribution in [0.3, 0.4) is 0 Å². The van der Waals surface area contributed by atoms with E-state index in [0.29, 0.717) is 19.3 Å². The molecule has 0 aliphatic carbocycles. The summed E-state index contributed by atoms with van der Waals surface area (Å²) in [5.41, 5.74) is 0. The van der Waals surface area contributed by atoms with Gasteiger partial charge in [0, 0.05) is 19.3 Å². The lowest BCUT2D eigenvalue weighted by atomic mass is 10.0. The molecule has 0 radical (unpaired) electrons. The van der Waals surface area contributed by atoms with E-state index in [1.807, 2.05) is 0 Å². The van der Waals surface area contributed by atoms with Crippen LogP contribution in [0.15, 0.2) is 0 Å². The van der Waals surface area contributed by atoms with Gasteiger partial charge in [-0.2, -0.15) is 0 Å².